The van der Waals surface area contributed by atoms with Gasteiger partial charge >= 0.3 is 5.97 Å². The summed E-state index contributed by atoms with van der Waals surface area (Å²) in [6, 6.07) is 0. The lowest BCUT2D eigenvalue weighted by molar-refractivity contribution is -0.146. The van der Waals surface area contributed by atoms with E-state index in [-0.39, 0.29) is 12.1 Å². The largest absolute Gasteiger partial charge is 0.463 e. The highest BCUT2D eigenvalue weighted by Gasteiger charge is 2.62. The minimum absolute atomic E-state index is 0.126. The Morgan fingerprint density at radius 3 is 2.25 bits per heavy atom. The molecule has 0 aliphatic heterocycles. The highest BCUT2D eigenvalue weighted by atomic mass is 16.5. The molecule has 0 spiro atoms. The minimum atomic E-state index is -0.126. The Labute approximate surface area is 73.3 Å². The highest BCUT2D eigenvalue weighted by Crippen LogP contribution is 2.67. The molecule has 0 bridgehead atoms. The van der Waals surface area contributed by atoms with Gasteiger partial charge in [0.25, 0.3) is 0 Å². The van der Waals surface area contributed by atoms with E-state index >= 15 is 0 Å². The Balaban J connectivity index is 1.86. The van der Waals surface area contributed by atoms with Crippen LogP contribution in [0.4, 0.5) is 0 Å². The Kier molecular flexibility index (Phi) is 1.51. The molecule has 3 atom stereocenters. The summed E-state index contributed by atoms with van der Waals surface area (Å²) in [6.07, 6.45) is 2.42. The number of fused-ring (bicyclic) bond motifs is 1. The summed E-state index contributed by atoms with van der Waals surface area (Å²) in [5.41, 5.74) is 0.538. The molecule has 12 heavy (non-hydrogen) atoms. The third-order valence-electron chi connectivity index (χ3n) is 3.65. The van der Waals surface area contributed by atoms with Crippen molar-refractivity contribution in [1.29, 1.82) is 0 Å². The van der Waals surface area contributed by atoms with Crippen LogP contribution in [-0.4, -0.2) is 12.1 Å². The van der Waals surface area contributed by atoms with E-state index in [1.54, 1.807) is 0 Å². The third kappa shape index (κ3) is 1.05. The number of esters is 1. The maximum atomic E-state index is 10.7. The average molecular weight is 168 g/mol. The van der Waals surface area contributed by atoms with Crippen molar-refractivity contribution in [3.63, 3.8) is 0 Å². The molecule has 0 saturated heterocycles. The Bertz CT molecular complexity index is 206. The number of ether oxygens (including phenoxy) is 1. The first-order valence-electron chi connectivity index (χ1n) is 4.69. The highest BCUT2D eigenvalue weighted by molar-refractivity contribution is 5.66. The molecule has 68 valence electrons. The van der Waals surface area contributed by atoms with Crippen molar-refractivity contribution in [1.82, 2.24) is 0 Å². The van der Waals surface area contributed by atoms with Gasteiger partial charge in [0.05, 0.1) is 0 Å². The zero-order chi connectivity index (χ0) is 8.93. The average Bonchev–Trinajstić information content (AvgIpc) is 2.38. The van der Waals surface area contributed by atoms with Crippen molar-refractivity contribution >= 4 is 5.97 Å². The van der Waals surface area contributed by atoms with Crippen molar-refractivity contribution in [2.45, 2.75) is 39.7 Å². The van der Waals surface area contributed by atoms with Gasteiger partial charge in [0.1, 0.15) is 6.10 Å². The zero-order valence-electron chi connectivity index (χ0n) is 7.96. The SMILES string of the molecule is CC(=O)OC1C[C@@H]2[C@H](C1)C2(C)C. The second-order valence-corrected chi connectivity index (χ2v) is 4.74. The van der Waals surface area contributed by atoms with E-state index in [2.05, 4.69) is 13.8 Å². The van der Waals surface area contributed by atoms with Crippen LogP contribution in [0, 0.1) is 17.3 Å². The fourth-order valence-corrected chi connectivity index (χ4v) is 2.79. The molecule has 2 fully saturated rings. The van der Waals surface area contributed by atoms with E-state index in [4.69, 9.17) is 4.74 Å². The van der Waals surface area contributed by atoms with E-state index in [9.17, 15) is 4.79 Å². The summed E-state index contributed by atoms with van der Waals surface area (Å²) < 4.78 is 5.17. The summed E-state index contributed by atoms with van der Waals surface area (Å²) in [6.45, 7) is 6.12. The van der Waals surface area contributed by atoms with Crippen LogP contribution in [0.25, 0.3) is 0 Å². The molecule has 0 amide bonds. The molecule has 2 saturated carbocycles. The monoisotopic (exact) mass is 168 g/mol. The van der Waals surface area contributed by atoms with Crippen molar-refractivity contribution in [2.75, 3.05) is 0 Å². The van der Waals surface area contributed by atoms with Gasteiger partial charge in [-0.1, -0.05) is 13.8 Å². The van der Waals surface area contributed by atoms with Gasteiger partial charge in [0.15, 0.2) is 0 Å². The van der Waals surface area contributed by atoms with E-state index in [1.165, 1.54) is 6.92 Å². The molecule has 2 heteroatoms. The molecule has 0 radical (unpaired) electrons. The smallest absolute Gasteiger partial charge is 0.302 e. The van der Waals surface area contributed by atoms with Gasteiger partial charge in [-0.25, -0.2) is 0 Å². The van der Waals surface area contributed by atoms with E-state index in [0.29, 0.717) is 5.41 Å². The standard InChI is InChI=1S/C10H16O2/c1-6(11)12-7-4-8-9(5-7)10(8,2)3/h7-9H,4-5H2,1-3H3/t7?,8-,9+. The lowest BCUT2D eigenvalue weighted by Gasteiger charge is -2.16. The van der Waals surface area contributed by atoms with Crippen molar-refractivity contribution in [3.05, 3.63) is 0 Å². The lowest BCUT2D eigenvalue weighted by atomic mass is 9.99. The predicted molar refractivity (Wildman–Crippen MR) is 45.5 cm³/mol. The number of carbonyl (C=O) groups is 1. The van der Waals surface area contributed by atoms with Gasteiger partial charge in [-0.3, -0.25) is 4.79 Å². The normalized spacial score (nSPS) is 42.1. The first-order chi connectivity index (χ1) is 5.51. The molecule has 0 aromatic rings. The van der Waals surface area contributed by atoms with Crippen LogP contribution < -0.4 is 0 Å². The fourth-order valence-electron chi connectivity index (χ4n) is 2.79. The molecular weight excluding hydrogens is 152 g/mol. The van der Waals surface area contributed by atoms with Crippen molar-refractivity contribution in [3.8, 4) is 0 Å². The quantitative estimate of drug-likeness (QED) is 0.560. The Morgan fingerprint density at radius 2 is 1.83 bits per heavy atom. The van der Waals surface area contributed by atoms with Crippen molar-refractivity contribution in [2.24, 2.45) is 17.3 Å². The molecule has 0 aromatic carbocycles. The van der Waals surface area contributed by atoms with E-state index < -0.39 is 0 Å². The maximum absolute atomic E-state index is 10.7. The van der Waals surface area contributed by atoms with Crippen LogP contribution in [0.1, 0.15) is 33.6 Å². The molecule has 0 heterocycles. The fraction of sp³-hybridized carbons (Fsp3) is 0.900. The van der Waals surface area contributed by atoms with Crippen LogP contribution >= 0.6 is 0 Å². The molecule has 1 unspecified atom stereocenters. The Hall–Kier alpha value is -0.530. The van der Waals surface area contributed by atoms with Gasteiger partial charge in [-0.2, -0.15) is 0 Å². The van der Waals surface area contributed by atoms with Gasteiger partial charge in [0, 0.05) is 6.92 Å². The summed E-state index contributed by atoms with van der Waals surface area (Å²) in [4.78, 5) is 10.7. The van der Waals surface area contributed by atoms with Gasteiger partial charge < -0.3 is 4.74 Å². The second kappa shape index (κ2) is 2.24. The lowest BCUT2D eigenvalue weighted by Crippen LogP contribution is -2.17. The van der Waals surface area contributed by atoms with Crippen LogP contribution in [-0.2, 0) is 9.53 Å². The number of hydrogen-bond acceptors (Lipinski definition) is 2. The Morgan fingerprint density at radius 1 is 1.33 bits per heavy atom. The van der Waals surface area contributed by atoms with E-state index in [0.717, 1.165) is 24.7 Å². The van der Waals surface area contributed by atoms with Gasteiger partial charge in [-0.15, -0.1) is 0 Å². The number of hydrogen-bond donors (Lipinski definition) is 0. The molecule has 0 aromatic heterocycles. The molecule has 0 N–H and O–H groups in total. The van der Waals surface area contributed by atoms with Crippen LogP contribution in [0.3, 0.4) is 0 Å². The van der Waals surface area contributed by atoms with Crippen LogP contribution in [0.15, 0.2) is 0 Å². The molecule has 2 aliphatic carbocycles. The molecule has 2 aliphatic rings. The number of rotatable bonds is 1. The number of carbonyl (C=O) groups excluding carboxylic acids is 1. The molecular formula is C10H16O2. The van der Waals surface area contributed by atoms with E-state index in [1.807, 2.05) is 0 Å². The topological polar surface area (TPSA) is 26.3 Å². The summed E-state index contributed by atoms with van der Waals surface area (Å²) in [5.74, 6) is 1.52. The van der Waals surface area contributed by atoms with Crippen molar-refractivity contribution < 1.29 is 9.53 Å². The van der Waals surface area contributed by atoms with Gasteiger partial charge in [0.2, 0.25) is 0 Å². The maximum Gasteiger partial charge on any atom is 0.302 e. The second-order valence-electron chi connectivity index (χ2n) is 4.74. The summed E-state index contributed by atoms with van der Waals surface area (Å²) in [5, 5.41) is 0. The first kappa shape index (κ1) is 8.09. The predicted octanol–water partition coefficient (Wildman–Crippen LogP) is 1.98. The minimum Gasteiger partial charge on any atom is -0.463 e. The first-order valence-corrected chi connectivity index (χ1v) is 4.69. The summed E-state index contributed by atoms with van der Waals surface area (Å²) >= 11 is 0. The van der Waals surface area contributed by atoms with Gasteiger partial charge in [-0.05, 0) is 30.1 Å². The zero-order valence-corrected chi connectivity index (χ0v) is 7.96. The molecule has 2 rings (SSSR count). The van der Waals surface area contributed by atoms with Crippen LogP contribution in [0.5, 0.6) is 0 Å². The third-order valence-corrected chi connectivity index (χ3v) is 3.65. The van der Waals surface area contributed by atoms with Crippen LogP contribution in [0.2, 0.25) is 0 Å². The molecule has 2 nitrogen and oxygen atoms in total. The summed E-state index contributed by atoms with van der Waals surface area (Å²) in [7, 11) is 0.